The molecule has 0 radical (unpaired) electrons. The van der Waals surface area contributed by atoms with E-state index in [1.165, 1.54) is 12.8 Å². The predicted octanol–water partition coefficient (Wildman–Crippen LogP) is 4.44. The number of aryl methyl sites for hydroxylation is 2. The van der Waals surface area contributed by atoms with Crippen molar-refractivity contribution in [3.05, 3.63) is 29.3 Å². The smallest absolute Gasteiger partial charge is 0.125 e. The SMILES string of the molecule is Cc1cccc(C)c1OC[C@H](O)CN(CCC(C)C)CCC(C)C. The van der Waals surface area contributed by atoms with Crippen LogP contribution in [0.4, 0.5) is 0 Å². The average Bonchev–Trinajstić information content (AvgIpc) is 2.49. The summed E-state index contributed by atoms with van der Waals surface area (Å²) >= 11 is 0. The molecule has 0 saturated carbocycles. The quantitative estimate of drug-likeness (QED) is 0.649. The Hall–Kier alpha value is -1.06. The van der Waals surface area contributed by atoms with Gasteiger partial charge >= 0.3 is 0 Å². The molecule has 0 heterocycles. The van der Waals surface area contributed by atoms with Crippen LogP contribution in [0.15, 0.2) is 18.2 Å². The number of para-hydroxylation sites is 1. The number of aliphatic hydroxyl groups is 1. The molecular formula is C21H37NO2. The fourth-order valence-electron chi connectivity index (χ4n) is 2.73. The van der Waals surface area contributed by atoms with Gasteiger partial charge in [-0.1, -0.05) is 45.9 Å². The van der Waals surface area contributed by atoms with Gasteiger partial charge in [0.25, 0.3) is 0 Å². The molecule has 0 aliphatic rings. The van der Waals surface area contributed by atoms with Gasteiger partial charge in [-0.2, -0.15) is 0 Å². The molecule has 0 aliphatic heterocycles. The number of rotatable bonds is 11. The molecule has 138 valence electrons. The van der Waals surface area contributed by atoms with E-state index >= 15 is 0 Å². The molecule has 0 saturated heterocycles. The first-order valence-corrected chi connectivity index (χ1v) is 9.39. The van der Waals surface area contributed by atoms with Crippen LogP contribution in [-0.4, -0.2) is 42.4 Å². The van der Waals surface area contributed by atoms with Gasteiger partial charge in [-0.25, -0.2) is 0 Å². The summed E-state index contributed by atoms with van der Waals surface area (Å²) in [4.78, 5) is 2.39. The molecule has 1 aromatic carbocycles. The van der Waals surface area contributed by atoms with Gasteiger partial charge in [0.15, 0.2) is 0 Å². The van der Waals surface area contributed by atoms with E-state index in [0.717, 1.165) is 30.0 Å². The molecule has 1 atom stereocenters. The van der Waals surface area contributed by atoms with Crippen molar-refractivity contribution in [3.8, 4) is 5.75 Å². The monoisotopic (exact) mass is 335 g/mol. The van der Waals surface area contributed by atoms with Gasteiger partial charge in [-0.05, 0) is 62.7 Å². The maximum absolute atomic E-state index is 10.4. The van der Waals surface area contributed by atoms with Crippen LogP contribution in [-0.2, 0) is 0 Å². The average molecular weight is 336 g/mol. The van der Waals surface area contributed by atoms with Crippen molar-refractivity contribution in [2.24, 2.45) is 11.8 Å². The summed E-state index contributed by atoms with van der Waals surface area (Å²) in [6, 6.07) is 6.13. The van der Waals surface area contributed by atoms with E-state index in [-0.39, 0.29) is 0 Å². The summed E-state index contributed by atoms with van der Waals surface area (Å²) in [5.74, 6) is 2.29. The molecule has 0 amide bonds. The molecule has 0 spiro atoms. The van der Waals surface area contributed by atoms with Crippen LogP contribution in [0, 0.1) is 25.7 Å². The van der Waals surface area contributed by atoms with Crippen LogP contribution in [0.5, 0.6) is 5.75 Å². The molecule has 3 nitrogen and oxygen atoms in total. The molecule has 1 rings (SSSR count). The van der Waals surface area contributed by atoms with Gasteiger partial charge in [-0.3, -0.25) is 0 Å². The lowest BCUT2D eigenvalue weighted by Crippen LogP contribution is -2.37. The van der Waals surface area contributed by atoms with Gasteiger partial charge in [0, 0.05) is 6.54 Å². The predicted molar refractivity (Wildman–Crippen MR) is 103 cm³/mol. The Morgan fingerprint density at radius 2 is 1.46 bits per heavy atom. The lowest BCUT2D eigenvalue weighted by molar-refractivity contribution is 0.0645. The Kier molecular flexibility index (Phi) is 9.38. The third-order valence-electron chi connectivity index (χ3n) is 4.34. The minimum Gasteiger partial charge on any atom is -0.490 e. The molecule has 0 bridgehead atoms. The molecule has 24 heavy (non-hydrogen) atoms. The lowest BCUT2D eigenvalue weighted by atomic mass is 10.1. The fourth-order valence-corrected chi connectivity index (χ4v) is 2.73. The highest BCUT2D eigenvalue weighted by Crippen LogP contribution is 2.22. The minimum atomic E-state index is -0.455. The van der Waals surface area contributed by atoms with Gasteiger partial charge in [0.1, 0.15) is 18.5 Å². The van der Waals surface area contributed by atoms with Gasteiger partial charge in [0.05, 0.1) is 0 Å². The minimum absolute atomic E-state index is 0.353. The first-order chi connectivity index (χ1) is 11.3. The number of nitrogens with zero attached hydrogens (tertiary/aromatic N) is 1. The van der Waals surface area contributed by atoms with Crippen molar-refractivity contribution in [2.75, 3.05) is 26.2 Å². The van der Waals surface area contributed by atoms with Crippen molar-refractivity contribution in [3.63, 3.8) is 0 Å². The highest BCUT2D eigenvalue weighted by atomic mass is 16.5. The lowest BCUT2D eigenvalue weighted by Gasteiger charge is -2.27. The van der Waals surface area contributed by atoms with Crippen LogP contribution >= 0.6 is 0 Å². The molecule has 1 N–H and O–H groups in total. The normalized spacial score (nSPS) is 13.1. The van der Waals surface area contributed by atoms with E-state index in [1.54, 1.807) is 0 Å². The Labute approximate surface area is 149 Å². The van der Waals surface area contributed by atoms with Crippen LogP contribution in [0.1, 0.15) is 51.7 Å². The molecular weight excluding hydrogens is 298 g/mol. The molecule has 1 aromatic rings. The maximum Gasteiger partial charge on any atom is 0.125 e. The molecule has 0 fully saturated rings. The first kappa shape index (κ1) is 21.0. The number of hydrogen-bond acceptors (Lipinski definition) is 3. The summed E-state index contributed by atoms with van der Waals surface area (Å²) in [7, 11) is 0. The molecule has 0 aromatic heterocycles. The Morgan fingerprint density at radius 3 is 1.92 bits per heavy atom. The molecule has 0 aliphatic carbocycles. The van der Waals surface area contributed by atoms with Crippen molar-refractivity contribution in [1.29, 1.82) is 0 Å². The summed E-state index contributed by atoms with van der Waals surface area (Å²) < 4.78 is 5.90. The maximum atomic E-state index is 10.4. The Morgan fingerprint density at radius 1 is 0.958 bits per heavy atom. The van der Waals surface area contributed by atoms with Crippen molar-refractivity contribution in [1.82, 2.24) is 4.90 Å². The van der Waals surface area contributed by atoms with E-state index in [4.69, 9.17) is 4.74 Å². The van der Waals surface area contributed by atoms with E-state index in [9.17, 15) is 5.11 Å². The van der Waals surface area contributed by atoms with Crippen molar-refractivity contribution >= 4 is 0 Å². The second-order valence-corrected chi connectivity index (χ2v) is 7.85. The van der Waals surface area contributed by atoms with E-state index < -0.39 is 6.10 Å². The second-order valence-electron chi connectivity index (χ2n) is 7.85. The van der Waals surface area contributed by atoms with E-state index in [1.807, 2.05) is 32.0 Å². The van der Waals surface area contributed by atoms with E-state index in [2.05, 4.69) is 32.6 Å². The van der Waals surface area contributed by atoms with Crippen molar-refractivity contribution in [2.45, 2.75) is 60.5 Å². The van der Waals surface area contributed by atoms with Crippen LogP contribution in [0.25, 0.3) is 0 Å². The van der Waals surface area contributed by atoms with Crippen LogP contribution < -0.4 is 4.74 Å². The first-order valence-electron chi connectivity index (χ1n) is 9.39. The van der Waals surface area contributed by atoms with Gasteiger partial charge < -0.3 is 14.7 Å². The largest absolute Gasteiger partial charge is 0.490 e. The Balaban J connectivity index is 2.52. The summed E-state index contributed by atoms with van der Waals surface area (Å²) in [6.07, 6.45) is 1.88. The zero-order valence-corrected chi connectivity index (χ0v) is 16.5. The van der Waals surface area contributed by atoms with Crippen molar-refractivity contribution < 1.29 is 9.84 Å². The topological polar surface area (TPSA) is 32.7 Å². The number of hydrogen-bond donors (Lipinski definition) is 1. The fraction of sp³-hybridized carbons (Fsp3) is 0.714. The standard InChI is InChI=1S/C21H37NO2/c1-16(2)10-12-22(13-11-17(3)4)14-20(23)15-24-21-18(5)8-7-9-19(21)6/h7-9,16-17,20,23H,10-15H2,1-6H3/t20-/m1/s1. The summed E-state index contributed by atoms with van der Waals surface area (Å²) in [5.41, 5.74) is 2.25. The third kappa shape index (κ3) is 8.16. The van der Waals surface area contributed by atoms with Crippen LogP contribution in [0.2, 0.25) is 0 Å². The zero-order chi connectivity index (χ0) is 18.1. The van der Waals surface area contributed by atoms with E-state index in [0.29, 0.717) is 25.0 Å². The summed E-state index contributed by atoms with van der Waals surface area (Å²) in [5, 5.41) is 10.4. The highest BCUT2D eigenvalue weighted by Gasteiger charge is 2.14. The van der Waals surface area contributed by atoms with Crippen LogP contribution in [0.3, 0.4) is 0 Å². The highest BCUT2D eigenvalue weighted by molar-refractivity contribution is 5.39. The van der Waals surface area contributed by atoms with Gasteiger partial charge in [0.2, 0.25) is 0 Å². The second kappa shape index (κ2) is 10.7. The number of ether oxygens (including phenoxy) is 1. The Bertz CT molecular complexity index is 439. The summed E-state index contributed by atoms with van der Waals surface area (Å²) in [6.45, 7) is 16.2. The molecule has 3 heteroatoms. The third-order valence-corrected chi connectivity index (χ3v) is 4.34. The molecule has 0 unspecified atom stereocenters. The zero-order valence-electron chi connectivity index (χ0n) is 16.5. The van der Waals surface area contributed by atoms with Gasteiger partial charge in [-0.15, -0.1) is 0 Å². The number of benzene rings is 1. The number of aliphatic hydroxyl groups excluding tert-OH is 1.